The molecule has 3 heteroatoms. The fourth-order valence-corrected chi connectivity index (χ4v) is 2.32. The van der Waals surface area contributed by atoms with Gasteiger partial charge in [-0.2, -0.15) is 0 Å². The van der Waals surface area contributed by atoms with Gasteiger partial charge >= 0.3 is 0 Å². The standard InChI is InChI=1S/C12H22O3/c1-9-5-6-12(2,13)11(8-15-4)10(9)7-14-3/h5,10-11,13H,6-8H2,1-4H3/t10-,11-,12+/m1/s1. The zero-order chi connectivity index (χ0) is 11.5. The van der Waals surface area contributed by atoms with Crippen LogP contribution in [0.3, 0.4) is 0 Å². The first-order valence-corrected chi connectivity index (χ1v) is 5.40. The van der Waals surface area contributed by atoms with Gasteiger partial charge in [0.2, 0.25) is 0 Å². The van der Waals surface area contributed by atoms with Gasteiger partial charge in [0.15, 0.2) is 0 Å². The molecule has 15 heavy (non-hydrogen) atoms. The molecule has 1 N–H and O–H groups in total. The van der Waals surface area contributed by atoms with Crippen LogP contribution in [0.2, 0.25) is 0 Å². The Balaban J connectivity index is 2.85. The van der Waals surface area contributed by atoms with Gasteiger partial charge in [0.05, 0.1) is 18.8 Å². The lowest BCUT2D eigenvalue weighted by Crippen LogP contribution is -2.45. The van der Waals surface area contributed by atoms with E-state index in [1.165, 1.54) is 5.57 Å². The second kappa shape index (κ2) is 5.10. The van der Waals surface area contributed by atoms with E-state index in [1.54, 1.807) is 14.2 Å². The van der Waals surface area contributed by atoms with Gasteiger partial charge in [-0.1, -0.05) is 11.6 Å². The van der Waals surface area contributed by atoms with E-state index < -0.39 is 5.60 Å². The van der Waals surface area contributed by atoms with Crippen LogP contribution in [0.5, 0.6) is 0 Å². The molecule has 0 aromatic heterocycles. The molecule has 0 fully saturated rings. The summed E-state index contributed by atoms with van der Waals surface area (Å²) in [6.45, 7) is 5.20. The molecule has 1 rings (SSSR count). The maximum absolute atomic E-state index is 10.3. The van der Waals surface area contributed by atoms with E-state index in [0.29, 0.717) is 19.6 Å². The predicted octanol–water partition coefficient (Wildman–Crippen LogP) is 1.61. The van der Waals surface area contributed by atoms with Crippen LogP contribution in [0.15, 0.2) is 11.6 Å². The zero-order valence-electron chi connectivity index (χ0n) is 10.1. The maximum Gasteiger partial charge on any atom is 0.0710 e. The van der Waals surface area contributed by atoms with Gasteiger partial charge < -0.3 is 14.6 Å². The van der Waals surface area contributed by atoms with Crippen molar-refractivity contribution >= 4 is 0 Å². The smallest absolute Gasteiger partial charge is 0.0710 e. The van der Waals surface area contributed by atoms with Crippen LogP contribution in [-0.2, 0) is 9.47 Å². The quantitative estimate of drug-likeness (QED) is 0.723. The second-order valence-corrected chi connectivity index (χ2v) is 4.63. The first kappa shape index (κ1) is 12.7. The fourth-order valence-electron chi connectivity index (χ4n) is 2.32. The second-order valence-electron chi connectivity index (χ2n) is 4.63. The molecule has 3 atom stereocenters. The lowest BCUT2D eigenvalue weighted by molar-refractivity contribution is -0.0681. The van der Waals surface area contributed by atoms with Crippen molar-refractivity contribution in [1.29, 1.82) is 0 Å². The summed E-state index contributed by atoms with van der Waals surface area (Å²) in [4.78, 5) is 0. The minimum Gasteiger partial charge on any atom is -0.389 e. The lowest BCUT2D eigenvalue weighted by Gasteiger charge is -2.41. The van der Waals surface area contributed by atoms with Crippen molar-refractivity contribution in [3.05, 3.63) is 11.6 Å². The summed E-state index contributed by atoms with van der Waals surface area (Å²) in [5.74, 6) is 0.381. The van der Waals surface area contributed by atoms with Crippen LogP contribution in [0, 0.1) is 11.8 Å². The number of rotatable bonds is 4. The Bertz CT molecular complexity index is 233. The Labute approximate surface area is 92.1 Å². The molecule has 0 saturated carbocycles. The average molecular weight is 214 g/mol. The molecule has 0 spiro atoms. The third-order valence-corrected chi connectivity index (χ3v) is 3.40. The van der Waals surface area contributed by atoms with E-state index in [2.05, 4.69) is 13.0 Å². The number of aliphatic hydroxyl groups is 1. The van der Waals surface area contributed by atoms with Gasteiger partial charge in [-0.25, -0.2) is 0 Å². The molecule has 3 nitrogen and oxygen atoms in total. The molecule has 0 amide bonds. The summed E-state index contributed by atoms with van der Waals surface area (Å²) in [6.07, 6.45) is 2.81. The first-order valence-electron chi connectivity index (χ1n) is 5.40. The highest BCUT2D eigenvalue weighted by Crippen LogP contribution is 2.37. The van der Waals surface area contributed by atoms with Gasteiger partial charge in [0.1, 0.15) is 0 Å². The van der Waals surface area contributed by atoms with Crippen molar-refractivity contribution in [3.63, 3.8) is 0 Å². The van der Waals surface area contributed by atoms with Crippen LogP contribution in [-0.4, -0.2) is 38.1 Å². The molecule has 0 heterocycles. The maximum atomic E-state index is 10.3. The molecule has 88 valence electrons. The van der Waals surface area contributed by atoms with E-state index in [-0.39, 0.29) is 11.8 Å². The van der Waals surface area contributed by atoms with E-state index in [4.69, 9.17) is 9.47 Å². The van der Waals surface area contributed by atoms with Crippen LogP contribution in [0.4, 0.5) is 0 Å². The minimum atomic E-state index is -0.682. The van der Waals surface area contributed by atoms with Crippen molar-refractivity contribution < 1.29 is 14.6 Å². The average Bonchev–Trinajstić information content (AvgIpc) is 2.18. The highest BCUT2D eigenvalue weighted by Gasteiger charge is 2.40. The predicted molar refractivity (Wildman–Crippen MR) is 59.7 cm³/mol. The third kappa shape index (κ3) is 2.80. The normalized spacial score (nSPS) is 36.5. The topological polar surface area (TPSA) is 38.7 Å². The molecule has 0 saturated heterocycles. The molecule has 0 radical (unpaired) electrons. The van der Waals surface area contributed by atoms with Crippen LogP contribution in [0.1, 0.15) is 20.3 Å². The van der Waals surface area contributed by atoms with Crippen LogP contribution < -0.4 is 0 Å². The monoisotopic (exact) mass is 214 g/mol. The van der Waals surface area contributed by atoms with Gasteiger partial charge in [-0.15, -0.1) is 0 Å². The van der Waals surface area contributed by atoms with Crippen molar-refractivity contribution in [2.75, 3.05) is 27.4 Å². The molecular formula is C12H22O3. The largest absolute Gasteiger partial charge is 0.389 e. The van der Waals surface area contributed by atoms with Crippen LogP contribution in [0.25, 0.3) is 0 Å². The summed E-state index contributed by atoms with van der Waals surface area (Å²) in [6, 6.07) is 0. The fraction of sp³-hybridized carbons (Fsp3) is 0.833. The van der Waals surface area contributed by atoms with Gasteiger partial charge in [-0.3, -0.25) is 0 Å². The Hall–Kier alpha value is -0.380. The minimum absolute atomic E-state index is 0.118. The van der Waals surface area contributed by atoms with E-state index in [9.17, 15) is 5.11 Å². The molecule has 1 aliphatic carbocycles. The summed E-state index contributed by atoms with van der Waals surface area (Å²) < 4.78 is 10.4. The number of hydrogen-bond acceptors (Lipinski definition) is 3. The first-order chi connectivity index (χ1) is 7.03. The summed E-state index contributed by atoms with van der Waals surface area (Å²) in [7, 11) is 3.37. The summed E-state index contributed by atoms with van der Waals surface area (Å²) in [5.41, 5.74) is 0.615. The highest BCUT2D eigenvalue weighted by atomic mass is 16.5. The van der Waals surface area contributed by atoms with Gasteiger partial charge in [-0.05, 0) is 20.3 Å². The number of hydrogen-bond donors (Lipinski definition) is 1. The van der Waals surface area contributed by atoms with Crippen LogP contribution >= 0.6 is 0 Å². The van der Waals surface area contributed by atoms with Crippen molar-refractivity contribution in [1.82, 2.24) is 0 Å². The molecule has 0 aliphatic heterocycles. The van der Waals surface area contributed by atoms with Crippen molar-refractivity contribution in [2.45, 2.75) is 25.9 Å². The van der Waals surface area contributed by atoms with Gasteiger partial charge in [0, 0.05) is 26.1 Å². The Kier molecular flexibility index (Phi) is 4.32. The molecular weight excluding hydrogens is 192 g/mol. The molecule has 0 unspecified atom stereocenters. The van der Waals surface area contributed by atoms with Crippen molar-refractivity contribution in [2.24, 2.45) is 11.8 Å². The third-order valence-electron chi connectivity index (χ3n) is 3.40. The lowest BCUT2D eigenvalue weighted by atomic mass is 9.71. The molecule has 0 bridgehead atoms. The molecule has 1 aliphatic rings. The zero-order valence-corrected chi connectivity index (χ0v) is 10.1. The summed E-state index contributed by atoms with van der Waals surface area (Å²) >= 11 is 0. The van der Waals surface area contributed by atoms with Gasteiger partial charge in [0.25, 0.3) is 0 Å². The number of methoxy groups -OCH3 is 2. The highest BCUT2D eigenvalue weighted by molar-refractivity contribution is 5.15. The van der Waals surface area contributed by atoms with E-state index in [0.717, 1.165) is 0 Å². The Morgan fingerprint density at radius 2 is 2.00 bits per heavy atom. The summed E-state index contributed by atoms with van der Waals surface area (Å²) in [5, 5.41) is 10.3. The Morgan fingerprint density at radius 3 is 2.53 bits per heavy atom. The molecule has 0 aromatic carbocycles. The van der Waals surface area contributed by atoms with E-state index in [1.807, 2.05) is 6.92 Å². The number of ether oxygens (including phenoxy) is 2. The molecule has 0 aromatic rings. The van der Waals surface area contributed by atoms with E-state index >= 15 is 0 Å². The van der Waals surface area contributed by atoms with Crippen molar-refractivity contribution in [3.8, 4) is 0 Å². The SMILES string of the molecule is COC[C@@H]1C(C)=CC[C@](C)(O)[C@@H]1COC. The Morgan fingerprint density at radius 1 is 1.40 bits per heavy atom.